The normalized spacial score (nSPS) is 12.2. The van der Waals surface area contributed by atoms with Gasteiger partial charge in [-0.25, -0.2) is 4.39 Å². The van der Waals surface area contributed by atoms with Crippen molar-refractivity contribution in [2.75, 3.05) is 0 Å². The molecule has 1 atom stereocenters. The summed E-state index contributed by atoms with van der Waals surface area (Å²) in [4.78, 5) is 0. The van der Waals surface area contributed by atoms with E-state index in [9.17, 15) is 4.39 Å². The van der Waals surface area contributed by atoms with Gasteiger partial charge < -0.3 is 10.5 Å². The molecule has 0 fully saturated rings. The Morgan fingerprint density at radius 3 is 2.65 bits per heavy atom. The van der Waals surface area contributed by atoms with E-state index in [0.717, 1.165) is 10.0 Å². The van der Waals surface area contributed by atoms with Gasteiger partial charge in [0.25, 0.3) is 0 Å². The summed E-state index contributed by atoms with van der Waals surface area (Å²) >= 11 is 9.43. The van der Waals surface area contributed by atoms with Gasteiger partial charge in [0.15, 0.2) is 0 Å². The molecule has 0 spiro atoms. The van der Waals surface area contributed by atoms with Crippen LogP contribution < -0.4 is 10.5 Å². The first kappa shape index (κ1) is 15.3. The number of rotatable bonds is 4. The molecule has 2 N–H and O–H groups in total. The topological polar surface area (TPSA) is 35.2 Å². The van der Waals surface area contributed by atoms with Crippen LogP contribution in [0.5, 0.6) is 5.75 Å². The van der Waals surface area contributed by atoms with Crippen molar-refractivity contribution in [3.63, 3.8) is 0 Å². The smallest absolute Gasteiger partial charge is 0.131 e. The molecule has 0 aromatic heterocycles. The Kier molecular flexibility index (Phi) is 5.02. The van der Waals surface area contributed by atoms with Crippen molar-refractivity contribution in [2.45, 2.75) is 19.6 Å². The minimum Gasteiger partial charge on any atom is -0.489 e. The van der Waals surface area contributed by atoms with Gasteiger partial charge in [0.05, 0.1) is 0 Å². The molecule has 0 heterocycles. The molecule has 2 aromatic rings. The van der Waals surface area contributed by atoms with E-state index >= 15 is 0 Å². The molecule has 0 radical (unpaired) electrons. The van der Waals surface area contributed by atoms with Gasteiger partial charge in [0.2, 0.25) is 0 Å². The maximum Gasteiger partial charge on any atom is 0.131 e. The maximum atomic E-state index is 13.8. The summed E-state index contributed by atoms with van der Waals surface area (Å²) in [7, 11) is 0. The van der Waals surface area contributed by atoms with E-state index in [4.69, 9.17) is 22.1 Å². The van der Waals surface area contributed by atoms with Gasteiger partial charge in [-0.3, -0.25) is 0 Å². The van der Waals surface area contributed by atoms with Crippen molar-refractivity contribution in [3.8, 4) is 5.75 Å². The highest BCUT2D eigenvalue weighted by atomic mass is 79.9. The quantitative estimate of drug-likeness (QED) is 0.848. The van der Waals surface area contributed by atoms with Gasteiger partial charge in [0, 0.05) is 32.7 Å². The lowest BCUT2D eigenvalue weighted by Crippen LogP contribution is -2.07. The number of ether oxygens (including phenoxy) is 1. The summed E-state index contributed by atoms with van der Waals surface area (Å²) < 4.78 is 20.2. The number of halogens is 3. The van der Waals surface area contributed by atoms with Crippen LogP contribution in [0.15, 0.2) is 40.9 Å². The molecule has 1 unspecified atom stereocenters. The molecule has 0 amide bonds. The van der Waals surface area contributed by atoms with Gasteiger partial charge in [-0.05, 0) is 25.1 Å². The van der Waals surface area contributed by atoms with E-state index < -0.39 is 0 Å². The molecular formula is C15H14BrClFNO. The lowest BCUT2D eigenvalue weighted by atomic mass is 10.1. The zero-order valence-electron chi connectivity index (χ0n) is 10.9. The SMILES string of the molecule is CC(N)c1ccc(OCc2ccc(Br)cc2Cl)cc1F. The van der Waals surface area contributed by atoms with Gasteiger partial charge >= 0.3 is 0 Å². The fourth-order valence-corrected chi connectivity index (χ4v) is 2.49. The predicted molar refractivity (Wildman–Crippen MR) is 82.5 cm³/mol. The molecule has 2 rings (SSSR count). The van der Waals surface area contributed by atoms with Crippen LogP contribution in [0.25, 0.3) is 0 Å². The van der Waals surface area contributed by atoms with E-state index in [1.165, 1.54) is 6.07 Å². The summed E-state index contributed by atoms with van der Waals surface area (Å²) in [6.45, 7) is 2.02. The van der Waals surface area contributed by atoms with Crippen molar-refractivity contribution in [2.24, 2.45) is 5.73 Å². The van der Waals surface area contributed by atoms with Crippen molar-refractivity contribution < 1.29 is 9.13 Å². The van der Waals surface area contributed by atoms with Crippen LogP contribution in [0.2, 0.25) is 5.02 Å². The number of hydrogen-bond acceptors (Lipinski definition) is 2. The molecule has 0 aliphatic heterocycles. The second kappa shape index (κ2) is 6.57. The molecule has 5 heteroatoms. The Morgan fingerprint density at radius 1 is 1.30 bits per heavy atom. The summed E-state index contributed by atoms with van der Waals surface area (Å²) in [5.74, 6) is 0.0882. The molecule has 0 aliphatic rings. The van der Waals surface area contributed by atoms with Crippen molar-refractivity contribution in [1.29, 1.82) is 0 Å². The van der Waals surface area contributed by atoms with Crippen molar-refractivity contribution in [1.82, 2.24) is 0 Å². The Hall–Kier alpha value is -1.10. The van der Waals surface area contributed by atoms with Gasteiger partial charge in [-0.15, -0.1) is 0 Å². The van der Waals surface area contributed by atoms with Crippen LogP contribution in [0.3, 0.4) is 0 Å². The van der Waals surface area contributed by atoms with E-state index in [1.54, 1.807) is 25.1 Å². The molecule has 0 saturated heterocycles. The number of nitrogens with two attached hydrogens (primary N) is 1. The predicted octanol–water partition coefficient (Wildman–Crippen LogP) is 4.84. The molecule has 0 aliphatic carbocycles. The highest BCUT2D eigenvalue weighted by Gasteiger charge is 2.09. The molecule has 106 valence electrons. The standard InChI is InChI=1S/C15H14BrClFNO/c1-9(19)13-5-4-12(7-15(13)18)20-8-10-2-3-11(16)6-14(10)17/h2-7,9H,8,19H2,1H3. The zero-order chi connectivity index (χ0) is 14.7. The van der Waals surface area contributed by atoms with E-state index in [2.05, 4.69) is 15.9 Å². The average Bonchev–Trinajstić information content (AvgIpc) is 2.37. The summed E-state index contributed by atoms with van der Waals surface area (Å²) in [6, 6.07) is 9.87. The van der Waals surface area contributed by atoms with E-state index in [0.29, 0.717) is 16.3 Å². The number of hydrogen-bond donors (Lipinski definition) is 1. The Bertz CT molecular complexity index is 619. The molecule has 2 nitrogen and oxygen atoms in total. The third-order valence-electron chi connectivity index (χ3n) is 2.87. The highest BCUT2D eigenvalue weighted by Crippen LogP contribution is 2.24. The second-order valence-corrected chi connectivity index (χ2v) is 5.82. The Morgan fingerprint density at radius 2 is 2.05 bits per heavy atom. The molecule has 0 bridgehead atoms. The largest absolute Gasteiger partial charge is 0.489 e. The first-order chi connectivity index (χ1) is 9.47. The summed E-state index contributed by atoms with van der Waals surface area (Å²) in [5.41, 5.74) is 6.97. The van der Waals surface area contributed by atoms with E-state index in [1.807, 2.05) is 12.1 Å². The van der Waals surface area contributed by atoms with Crippen LogP contribution in [0.4, 0.5) is 4.39 Å². The number of benzene rings is 2. The molecular weight excluding hydrogens is 345 g/mol. The zero-order valence-corrected chi connectivity index (χ0v) is 13.2. The monoisotopic (exact) mass is 357 g/mol. The van der Waals surface area contributed by atoms with Gasteiger partial charge in [-0.1, -0.05) is 39.7 Å². The van der Waals surface area contributed by atoms with Crippen LogP contribution >= 0.6 is 27.5 Å². The molecule has 2 aromatic carbocycles. The van der Waals surface area contributed by atoms with Crippen LogP contribution in [-0.2, 0) is 6.61 Å². The van der Waals surface area contributed by atoms with Crippen LogP contribution in [0.1, 0.15) is 24.1 Å². The average molecular weight is 359 g/mol. The first-order valence-corrected chi connectivity index (χ1v) is 7.26. The lowest BCUT2D eigenvalue weighted by Gasteiger charge is -2.11. The fourth-order valence-electron chi connectivity index (χ4n) is 1.77. The highest BCUT2D eigenvalue weighted by molar-refractivity contribution is 9.10. The Labute approximate surface area is 130 Å². The third kappa shape index (κ3) is 3.72. The van der Waals surface area contributed by atoms with Crippen molar-refractivity contribution in [3.05, 3.63) is 62.8 Å². The Balaban J connectivity index is 2.09. The van der Waals surface area contributed by atoms with Gasteiger partial charge in [-0.2, -0.15) is 0 Å². The summed E-state index contributed by atoms with van der Waals surface area (Å²) in [5, 5.41) is 0.604. The van der Waals surface area contributed by atoms with Crippen molar-refractivity contribution >= 4 is 27.5 Å². The van der Waals surface area contributed by atoms with Crippen LogP contribution in [0, 0.1) is 5.82 Å². The first-order valence-electron chi connectivity index (χ1n) is 6.09. The van der Waals surface area contributed by atoms with E-state index in [-0.39, 0.29) is 18.5 Å². The second-order valence-electron chi connectivity index (χ2n) is 4.50. The maximum absolute atomic E-state index is 13.8. The minimum absolute atomic E-state index is 0.281. The molecule has 0 saturated carbocycles. The van der Waals surface area contributed by atoms with Crippen LogP contribution in [-0.4, -0.2) is 0 Å². The fraction of sp³-hybridized carbons (Fsp3) is 0.200. The third-order valence-corrected chi connectivity index (χ3v) is 3.72. The van der Waals surface area contributed by atoms with Gasteiger partial charge in [0.1, 0.15) is 18.2 Å². The summed E-state index contributed by atoms with van der Waals surface area (Å²) in [6.07, 6.45) is 0. The minimum atomic E-state index is -0.362. The lowest BCUT2D eigenvalue weighted by molar-refractivity contribution is 0.304. The molecule has 20 heavy (non-hydrogen) atoms.